The van der Waals surface area contributed by atoms with Gasteiger partial charge >= 0.3 is 23.9 Å². The highest BCUT2D eigenvalue weighted by molar-refractivity contribution is 7.14. The molecule has 0 radical (unpaired) electrons. The molecule has 8 nitrogen and oxygen atoms in total. The maximum absolute atomic E-state index is 12.9. The van der Waals surface area contributed by atoms with Crippen LogP contribution in [-0.2, 0) is 12.8 Å². The van der Waals surface area contributed by atoms with Gasteiger partial charge in [-0.25, -0.2) is 19.2 Å². The molecule has 0 aliphatic heterocycles. The molecule has 4 aromatic rings. The van der Waals surface area contributed by atoms with Crippen LogP contribution in [0.5, 0.6) is 0 Å². The average Bonchev–Trinajstić information content (AvgIpc) is 3.65. The van der Waals surface area contributed by atoms with E-state index < -0.39 is 56.9 Å². The zero-order chi connectivity index (χ0) is 32.0. The minimum absolute atomic E-state index is 0.0472. The first-order valence-electron chi connectivity index (χ1n) is 14.8. The molecule has 2 heterocycles. The minimum atomic E-state index is -1.48. The predicted octanol–water partition coefficient (Wildman–Crippen LogP) is 9.34. The van der Waals surface area contributed by atoms with E-state index in [0.717, 1.165) is 87.5 Å². The monoisotopic (exact) mass is 636 g/mol. The predicted molar refractivity (Wildman–Crippen MR) is 174 cm³/mol. The van der Waals surface area contributed by atoms with E-state index in [0.29, 0.717) is 9.75 Å². The average molecular weight is 637 g/mol. The van der Waals surface area contributed by atoms with Crippen molar-refractivity contribution in [2.24, 2.45) is 0 Å². The molecule has 0 amide bonds. The number of aromatic carboxylic acids is 4. The van der Waals surface area contributed by atoms with Gasteiger partial charge < -0.3 is 20.4 Å². The number of carbonyl (C=O) groups is 4. The third kappa shape index (κ3) is 7.03. The SMILES string of the molecule is CCCCCCc1csc(-c2cc(C(=O)O)c3c(C(=O)O)cc(-c4cc(CCCCCC)cs4)c(C(=O)O)c3c2C(=O)O)c1. The Morgan fingerprint density at radius 2 is 0.955 bits per heavy atom. The number of carboxylic acids is 4. The summed E-state index contributed by atoms with van der Waals surface area (Å²) in [6.07, 6.45) is 9.91. The Morgan fingerprint density at radius 3 is 1.30 bits per heavy atom. The molecule has 44 heavy (non-hydrogen) atoms. The lowest BCUT2D eigenvalue weighted by Gasteiger charge is -2.18. The number of rotatable bonds is 16. The first-order chi connectivity index (χ1) is 21.1. The van der Waals surface area contributed by atoms with E-state index >= 15 is 0 Å². The highest BCUT2D eigenvalue weighted by Crippen LogP contribution is 2.43. The number of thiophene rings is 2. The number of hydrogen-bond acceptors (Lipinski definition) is 6. The van der Waals surface area contributed by atoms with Crippen LogP contribution in [0.2, 0.25) is 0 Å². The smallest absolute Gasteiger partial charge is 0.337 e. The van der Waals surface area contributed by atoms with Gasteiger partial charge in [0.05, 0.1) is 22.3 Å². The van der Waals surface area contributed by atoms with Crippen LogP contribution in [0.25, 0.3) is 31.7 Å². The number of benzene rings is 2. The third-order valence-corrected chi connectivity index (χ3v) is 9.79. The topological polar surface area (TPSA) is 149 Å². The summed E-state index contributed by atoms with van der Waals surface area (Å²) < 4.78 is 0. The van der Waals surface area contributed by atoms with E-state index in [4.69, 9.17) is 0 Å². The van der Waals surface area contributed by atoms with Gasteiger partial charge in [0.1, 0.15) is 0 Å². The van der Waals surface area contributed by atoms with Gasteiger partial charge in [-0.1, -0.05) is 52.4 Å². The van der Waals surface area contributed by atoms with Crippen LogP contribution < -0.4 is 0 Å². The Bertz CT molecular complexity index is 1590. The van der Waals surface area contributed by atoms with Crippen molar-refractivity contribution in [3.05, 3.63) is 68.4 Å². The lowest BCUT2D eigenvalue weighted by atomic mass is 9.85. The van der Waals surface area contributed by atoms with E-state index in [2.05, 4.69) is 13.8 Å². The fraction of sp³-hybridized carbons (Fsp3) is 0.353. The molecular formula is C34H36O8S2. The summed E-state index contributed by atoms with van der Waals surface area (Å²) in [7, 11) is 0. The third-order valence-electron chi connectivity index (χ3n) is 7.77. The second-order valence-electron chi connectivity index (χ2n) is 10.9. The van der Waals surface area contributed by atoms with Crippen molar-refractivity contribution in [2.75, 3.05) is 0 Å². The molecule has 0 unspecified atom stereocenters. The van der Waals surface area contributed by atoms with Crippen molar-refractivity contribution in [3.8, 4) is 20.9 Å². The van der Waals surface area contributed by atoms with Gasteiger partial charge in [0.25, 0.3) is 0 Å². The Balaban J connectivity index is 2.02. The molecule has 0 saturated carbocycles. The molecule has 232 valence electrons. The molecule has 0 saturated heterocycles. The summed E-state index contributed by atoms with van der Waals surface area (Å²) in [5.74, 6) is -5.92. The van der Waals surface area contributed by atoms with Crippen LogP contribution in [0.4, 0.5) is 0 Å². The molecule has 0 aliphatic rings. The highest BCUT2D eigenvalue weighted by Gasteiger charge is 2.32. The Morgan fingerprint density at radius 1 is 0.545 bits per heavy atom. The van der Waals surface area contributed by atoms with Crippen molar-refractivity contribution >= 4 is 57.3 Å². The standard InChI is InChI=1S/C34H36O8S2/c1-3-5-7-9-11-19-13-25(43-17-19)21-15-23(31(35)36)27-24(32(37)38)16-22(29(34(41)42)30(27)28(21)33(39)40)26-14-20(18-44-26)12-10-8-6-4-2/h13-18H,3-12H2,1-2H3,(H,35,36)(H,37,38)(H,39,40)(H,41,42). The summed E-state index contributed by atoms with van der Waals surface area (Å²) in [6, 6.07) is 5.95. The molecule has 4 rings (SSSR count). The van der Waals surface area contributed by atoms with E-state index in [1.807, 2.05) is 22.9 Å². The lowest BCUT2D eigenvalue weighted by molar-refractivity contribution is 0.0676. The summed E-state index contributed by atoms with van der Waals surface area (Å²) in [4.78, 5) is 52.0. The first-order valence-corrected chi connectivity index (χ1v) is 16.6. The van der Waals surface area contributed by atoms with E-state index in [-0.39, 0.29) is 11.1 Å². The van der Waals surface area contributed by atoms with Gasteiger partial charge in [-0.05, 0) is 71.8 Å². The van der Waals surface area contributed by atoms with E-state index in [1.165, 1.54) is 22.7 Å². The Hall–Kier alpha value is -4.02. The molecule has 0 aliphatic carbocycles. The van der Waals surface area contributed by atoms with Crippen molar-refractivity contribution < 1.29 is 39.6 Å². The van der Waals surface area contributed by atoms with E-state index in [9.17, 15) is 39.6 Å². The quantitative estimate of drug-likeness (QED) is 0.0889. The maximum Gasteiger partial charge on any atom is 0.337 e. The van der Waals surface area contributed by atoms with Crippen molar-refractivity contribution in [3.63, 3.8) is 0 Å². The molecule has 2 aromatic heterocycles. The highest BCUT2D eigenvalue weighted by atomic mass is 32.1. The zero-order valence-electron chi connectivity index (χ0n) is 24.8. The first kappa shape index (κ1) is 32.9. The van der Waals surface area contributed by atoms with Gasteiger partial charge in [0, 0.05) is 31.7 Å². The van der Waals surface area contributed by atoms with Crippen molar-refractivity contribution in [1.29, 1.82) is 0 Å². The fourth-order valence-corrected chi connectivity index (χ4v) is 7.56. The lowest BCUT2D eigenvalue weighted by Crippen LogP contribution is -2.14. The van der Waals surface area contributed by atoms with Crippen LogP contribution in [0.1, 0.15) is 118 Å². The van der Waals surface area contributed by atoms with Crippen molar-refractivity contribution in [2.45, 2.75) is 78.1 Å². The van der Waals surface area contributed by atoms with Crippen LogP contribution in [0.15, 0.2) is 35.0 Å². The molecule has 4 N–H and O–H groups in total. The molecular weight excluding hydrogens is 601 g/mol. The Labute approximate surface area is 263 Å². The molecule has 10 heteroatoms. The van der Waals surface area contributed by atoms with Crippen LogP contribution in [0, 0.1) is 0 Å². The molecule has 0 fully saturated rings. The second kappa shape index (κ2) is 14.6. The summed E-state index contributed by atoms with van der Waals surface area (Å²) in [6.45, 7) is 4.24. The zero-order valence-corrected chi connectivity index (χ0v) is 26.4. The van der Waals surface area contributed by atoms with Crippen molar-refractivity contribution in [1.82, 2.24) is 0 Å². The van der Waals surface area contributed by atoms with Gasteiger partial charge in [0.2, 0.25) is 0 Å². The normalized spacial score (nSPS) is 11.2. The van der Waals surface area contributed by atoms with Gasteiger partial charge in [-0.15, -0.1) is 22.7 Å². The van der Waals surface area contributed by atoms with E-state index in [1.54, 1.807) is 0 Å². The minimum Gasteiger partial charge on any atom is -0.478 e. The maximum atomic E-state index is 12.9. The largest absolute Gasteiger partial charge is 0.478 e. The summed E-state index contributed by atoms with van der Waals surface area (Å²) >= 11 is 2.50. The Kier molecular flexibility index (Phi) is 10.9. The molecule has 0 atom stereocenters. The number of carboxylic acid groups (broad SMARTS) is 4. The molecule has 2 aromatic carbocycles. The number of unbranched alkanes of at least 4 members (excludes halogenated alkanes) is 6. The van der Waals surface area contributed by atoms with Gasteiger partial charge in [-0.3, -0.25) is 0 Å². The van der Waals surface area contributed by atoms with Gasteiger partial charge in [0.15, 0.2) is 0 Å². The second-order valence-corrected chi connectivity index (χ2v) is 12.7. The van der Waals surface area contributed by atoms with Crippen LogP contribution in [-0.4, -0.2) is 44.3 Å². The number of hydrogen-bond donors (Lipinski definition) is 4. The van der Waals surface area contributed by atoms with Gasteiger partial charge in [-0.2, -0.15) is 0 Å². The molecule has 0 spiro atoms. The van der Waals surface area contributed by atoms with Crippen LogP contribution >= 0.6 is 22.7 Å². The summed E-state index contributed by atoms with van der Waals surface area (Å²) in [5, 5.41) is 44.5. The fourth-order valence-electron chi connectivity index (χ4n) is 5.61. The number of aryl methyl sites for hydroxylation is 2. The summed E-state index contributed by atoms with van der Waals surface area (Å²) in [5.41, 5.74) is 0.247. The molecule has 0 bridgehead atoms. The van der Waals surface area contributed by atoms with Crippen LogP contribution in [0.3, 0.4) is 0 Å². The number of fused-ring (bicyclic) bond motifs is 1.